The molecule has 76 heavy (non-hydrogen) atoms. The van der Waals surface area contributed by atoms with Gasteiger partial charge in [-0.05, 0) is 258 Å². The summed E-state index contributed by atoms with van der Waals surface area (Å²) in [6.07, 6.45) is 64.9. The molecule has 0 radical (unpaired) electrons. The van der Waals surface area contributed by atoms with Crippen LogP contribution in [0.25, 0.3) is 0 Å². The van der Waals surface area contributed by atoms with E-state index in [1.165, 1.54) is 123 Å². The molecule has 0 heterocycles. The largest absolute Gasteiger partial charge is 0.0988 e. The van der Waals surface area contributed by atoms with Crippen LogP contribution in [0, 0.1) is 0 Å². The highest BCUT2D eigenvalue weighted by molar-refractivity contribution is 5.20. The minimum atomic E-state index is 1.01. The van der Waals surface area contributed by atoms with Crippen LogP contribution in [0.2, 0.25) is 0 Å². The molecule has 0 saturated carbocycles. The van der Waals surface area contributed by atoms with Crippen LogP contribution in [0.3, 0.4) is 0 Å². The zero-order valence-corrected chi connectivity index (χ0v) is 53.4. The molecule has 0 aromatic rings. The molecule has 0 N–H and O–H groups in total. The van der Waals surface area contributed by atoms with Crippen molar-refractivity contribution in [1.82, 2.24) is 0 Å². The summed E-state index contributed by atoms with van der Waals surface area (Å²) in [6, 6.07) is 0. The Hall–Kier alpha value is -4.68. The fourth-order valence-electron chi connectivity index (χ4n) is 7.73. The average molecular weight is 1040 g/mol. The molecule has 0 rings (SSSR count). The van der Waals surface area contributed by atoms with Crippen LogP contribution in [0.1, 0.15) is 265 Å². The summed E-state index contributed by atoms with van der Waals surface area (Å²) >= 11 is 0. The number of allylic oxidation sites excluding steroid dienone is 32. The van der Waals surface area contributed by atoms with Crippen molar-refractivity contribution in [2.75, 3.05) is 0 Å². The van der Waals surface area contributed by atoms with E-state index in [-0.39, 0.29) is 0 Å². The third-order valence-corrected chi connectivity index (χ3v) is 13.2. The summed E-state index contributed by atoms with van der Waals surface area (Å²) in [7, 11) is 0. The molecule has 0 fully saturated rings. The van der Waals surface area contributed by atoms with E-state index in [4.69, 9.17) is 0 Å². The summed E-state index contributed by atoms with van der Waals surface area (Å²) < 4.78 is 0. The maximum atomic E-state index is 4.24. The van der Waals surface area contributed by atoms with Crippen molar-refractivity contribution in [2.24, 2.45) is 0 Å². The summed E-state index contributed by atoms with van der Waals surface area (Å²) in [6.45, 7) is 53.4. The van der Waals surface area contributed by atoms with Crippen molar-refractivity contribution in [3.63, 3.8) is 0 Å². The van der Waals surface area contributed by atoms with E-state index < -0.39 is 0 Å². The molecule has 0 aromatic carbocycles. The first-order chi connectivity index (χ1) is 36.0. The molecule has 0 nitrogen and oxygen atoms in total. The molecular weight excluding hydrogens is 913 g/mol. The maximum absolute atomic E-state index is 4.24. The Balaban J connectivity index is -0.00000111. The number of rotatable bonds is 38. The van der Waals surface area contributed by atoms with Crippen LogP contribution < -0.4 is 0 Å². The van der Waals surface area contributed by atoms with Crippen LogP contribution in [0.4, 0.5) is 0 Å². The van der Waals surface area contributed by atoms with Gasteiger partial charge in [-0.25, -0.2) is 0 Å². The molecule has 0 atom stereocenters. The van der Waals surface area contributed by atoms with Crippen molar-refractivity contribution in [3.8, 4) is 0 Å². The maximum Gasteiger partial charge on any atom is -0.0136 e. The molecule has 0 aliphatic heterocycles. The van der Waals surface area contributed by atoms with Gasteiger partial charge in [-0.15, -0.1) is 0 Å². The second kappa shape index (κ2) is 52.4. The normalized spacial score (nSPS) is 12.9. The predicted molar refractivity (Wildman–Crippen MR) is 356 cm³/mol. The second-order valence-electron chi connectivity index (χ2n) is 22.6. The average Bonchev–Trinajstić information content (AvgIpc) is 3.34. The number of hydrogen-bond acceptors (Lipinski definition) is 0. The Bertz CT molecular complexity index is 2060. The fraction of sp³-hybridized carbons (Fsp3) is 0.526. The van der Waals surface area contributed by atoms with E-state index in [0.717, 1.165) is 108 Å². The molecule has 0 aliphatic carbocycles. The third kappa shape index (κ3) is 58.6. The lowest BCUT2D eigenvalue weighted by atomic mass is 10.0. The van der Waals surface area contributed by atoms with Crippen molar-refractivity contribution in [3.05, 3.63) is 213 Å². The van der Waals surface area contributed by atoms with Gasteiger partial charge >= 0.3 is 0 Å². The monoisotopic (exact) mass is 1030 g/mol. The van der Waals surface area contributed by atoms with Gasteiger partial charge < -0.3 is 0 Å². The van der Waals surface area contributed by atoms with Gasteiger partial charge in [-0.3, -0.25) is 0 Å². The van der Waals surface area contributed by atoms with E-state index in [9.17, 15) is 0 Å². The van der Waals surface area contributed by atoms with Gasteiger partial charge in [0.15, 0.2) is 0 Å². The van der Waals surface area contributed by atoms with Gasteiger partial charge in [-0.2, -0.15) is 0 Å². The Kier molecular flexibility index (Phi) is 52.1. The van der Waals surface area contributed by atoms with Gasteiger partial charge in [0.25, 0.3) is 0 Å². The van der Waals surface area contributed by atoms with Gasteiger partial charge in [-0.1, -0.05) is 220 Å². The zero-order chi connectivity index (χ0) is 57.9. The molecule has 0 spiro atoms. The lowest BCUT2D eigenvalue weighted by Gasteiger charge is -2.04. The molecule has 0 amide bonds. The standard InChI is InChI=1S/C31H50.C30H48.C15H24/c1-9-27(5)17-12-19-29(7)20-13-21-30(8)23-15-25-31(10-2)24-14-22-28(6)18-11-16-26(3)4;1-25(2)15-11-19-29(7)23-13-21-27(5)17-9-10-18-28(6)22-14-24-30(8)20-12-16-26(3)4;1-6-14(4)10-8-12-15(5)11-7-9-13(2)3/h10,15-17,20,22-23H,8-9,11-14,18-19,21,24-25H2,1-7H3;9,15-18,23-24H,5,10-14,19-22H2,1-4,6-8H3;6,9,12H,1,4,7-8,10-11H2,2-3,5H3/b23-15?,27-17+,28-22+,29-20+,31-10-;17-9?,28-18+,29-23+,30-24+;15-12+. The highest BCUT2D eigenvalue weighted by Gasteiger charge is 1.98. The SMILES string of the molecule is C=C(C=CC/C(=C\C)CC/C=C(\C)CCC=C(C)C)CC/C=C(\C)CC/C=C(\C)CC.C=C(C=CC/C=C(\C)CC/C=C(\C)CCC=C(C)C)CC/C=C(\C)CCC=C(C)C.C=CC(=C)CC/C=C(\C)CCC=C(C)C. The molecule has 0 bridgehead atoms. The minimum Gasteiger partial charge on any atom is -0.0988 e. The van der Waals surface area contributed by atoms with Crippen molar-refractivity contribution in [1.29, 1.82) is 0 Å². The van der Waals surface area contributed by atoms with Crippen LogP contribution in [-0.4, -0.2) is 0 Å². The Labute approximate surface area is 476 Å². The quantitative estimate of drug-likeness (QED) is 0.0427. The van der Waals surface area contributed by atoms with Crippen molar-refractivity contribution in [2.45, 2.75) is 265 Å². The summed E-state index contributed by atoms with van der Waals surface area (Å²) in [5.41, 5.74) is 21.2. The van der Waals surface area contributed by atoms with E-state index in [2.05, 4.69) is 241 Å². The summed E-state index contributed by atoms with van der Waals surface area (Å²) in [5.74, 6) is 0. The third-order valence-electron chi connectivity index (χ3n) is 13.2. The molecule has 0 aromatic heterocycles. The smallest absolute Gasteiger partial charge is 0.0136 e. The Morgan fingerprint density at radius 3 is 0.908 bits per heavy atom. The van der Waals surface area contributed by atoms with E-state index >= 15 is 0 Å². The van der Waals surface area contributed by atoms with Crippen molar-refractivity contribution < 1.29 is 0 Å². The topological polar surface area (TPSA) is 0 Å². The van der Waals surface area contributed by atoms with E-state index in [1.54, 1.807) is 0 Å². The first-order valence-corrected chi connectivity index (χ1v) is 29.8. The van der Waals surface area contributed by atoms with Crippen LogP contribution in [0.15, 0.2) is 213 Å². The second-order valence-corrected chi connectivity index (χ2v) is 22.6. The molecular formula is C76H122. The summed E-state index contributed by atoms with van der Waals surface area (Å²) in [4.78, 5) is 0. The lowest BCUT2D eigenvalue weighted by molar-refractivity contribution is 0.899. The van der Waals surface area contributed by atoms with E-state index in [0.29, 0.717) is 0 Å². The molecule has 426 valence electrons. The van der Waals surface area contributed by atoms with Gasteiger partial charge in [0.05, 0.1) is 0 Å². The van der Waals surface area contributed by atoms with E-state index in [1.807, 2.05) is 6.08 Å². The zero-order valence-electron chi connectivity index (χ0n) is 53.4. The van der Waals surface area contributed by atoms with Crippen LogP contribution in [0.5, 0.6) is 0 Å². The Morgan fingerprint density at radius 2 is 0.592 bits per heavy atom. The summed E-state index contributed by atoms with van der Waals surface area (Å²) in [5, 5.41) is 0. The van der Waals surface area contributed by atoms with Gasteiger partial charge in [0.1, 0.15) is 0 Å². The first kappa shape index (κ1) is 75.6. The van der Waals surface area contributed by atoms with Gasteiger partial charge in [0.2, 0.25) is 0 Å². The first-order valence-electron chi connectivity index (χ1n) is 29.8. The molecule has 0 saturated heterocycles. The van der Waals surface area contributed by atoms with Gasteiger partial charge in [0, 0.05) is 0 Å². The molecule has 0 heteroatoms. The van der Waals surface area contributed by atoms with Crippen molar-refractivity contribution >= 4 is 0 Å². The molecule has 0 unspecified atom stereocenters. The van der Waals surface area contributed by atoms with Crippen LogP contribution in [-0.2, 0) is 0 Å². The number of hydrogen-bond donors (Lipinski definition) is 0. The Morgan fingerprint density at radius 1 is 0.316 bits per heavy atom. The fourth-order valence-corrected chi connectivity index (χ4v) is 7.73. The van der Waals surface area contributed by atoms with Crippen LogP contribution >= 0.6 is 0 Å². The minimum absolute atomic E-state index is 1.01. The predicted octanol–water partition coefficient (Wildman–Crippen LogP) is 26.4. The molecule has 0 aliphatic rings. The lowest BCUT2D eigenvalue weighted by Crippen LogP contribution is -1.84. The highest BCUT2D eigenvalue weighted by atomic mass is 14.0. The highest BCUT2D eigenvalue weighted by Crippen LogP contribution is 2.18.